The molecule has 0 N–H and O–H groups in total. The Labute approximate surface area is 68.2 Å². The Kier molecular flexibility index (Phi) is 2.28. The molecule has 1 aromatic carbocycles. The zero-order valence-corrected chi connectivity index (χ0v) is 6.37. The number of nitrogens with zero attached hydrogens (tertiary/aromatic N) is 1. The highest BCUT2D eigenvalue weighted by Crippen LogP contribution is 2.21. The molecule has 62 valence electrons. The summed E-state index contributed by atoms with van der Waals surface area (Å²) in [6.07, 6.45) is 0. The Morgan fingerprint density at radius 2 is 2.17 bits per heavy atom. The van der Waals surface area contributed by atoms with Gasteiger partial charge in [-0.05, 0) is 24.2 Å². The second-order valence-electron chi connectivity index (χ2n) is 2.28. The van der Waals surface area contributed by atoms with Crippen molar-refractivity contribution in [3.8, 4) is 0 Å². The molecule has 3 nitrogen and oxygen atoms in total. The first-order valence-corrected chi connectivity index (χ1v) is 3.29. The Hall–Kier alpha value is -1.58. The van der Waals surface area contributed by atoms with Gasteiger partial charge >= 0.3 is 0 Å². The highest BCUT2D eigenvalue weighted by molar-refractivity contribution is 5.99. The van der Waals surface area contributed by atoms with E-state index in [1.54, 1.807) is 0 Å². The van der Waals surface area contributed by atoms with E-state index in [1.807, 2.05) is 0 Å². The van der Waals surface area contributed by atoms with Crippen LogP contribution >= 0.6 is 0 Å². The minimum Gasteiger partial charge on any atom is -0.294 e. The predicted molar refractivity (Wildman–Crippen MR) is 41.9 cm³/mol. The van der Waals surface area contributed by atoms with Crippen molar-refractivity contribution in [2.45, 2.75) is 6.92 Å². The third-order valence-corrected chi connectivity index (χ3v) is 1.44. The van der Waals surface area contributed by atoms with Crippen LogP contribution in [0.3, 0.4) is 0 Å². The van der Waals surface area contributed by atoms with Gasteiger partial charge in [0.1, 0.15) is 11.5 Å². The topological polar surface area (TPSA) is 46.5 Å². The van der Waals surface area contributed by atoms with E-state index >= 15 is 0 Å². The van der Waals surface area contributed by atoms with Gasteiger partial charge in [-0.2, -0.15) is 0 Å². The molecule has 0 aromatic heterocycles. The number of Topliss-reactive ketones (excluding diaryl/α,β-unsaturated/α-hetero) is 1. The second kappa shape index (κ2) is 3.21. The molecule has 1 aromatic rings. The van der Waals surface area contributed by atoms with Gasteiger partial charge in [0.2, 0.25) is 0 Å². The van der Waals surface area contributed by atoms with Crippen LogP contribution in [-0.4, -0.2) is 5.78 Å². The van der Waals surface area contributed by atoms with E-state index < -0.39 is 11.6 Å². The van der Waals surface area contributed by atoms with Crippen LogP contribution in [0.5, 0.6) is 0 Å². The lowest BCUT2D eigenvalue weighted by molar-refractivity contribution is 0.101. The van der Waals surface area contributed by atoms with E-state index in [2.05, 4.69) is 5.18 Å². The molecule has 0 aliphatic rings. The molecule has 0 saturated heterocycles. The summed E-state index contributed by atoms with van der Waals surface area (Å²) in [5, 5.41) is 2.54. The molecule has 0 bridgehead atoms. The van der Waals surface area contributed by atoms with Gasteiger partial charge in [0.15, 0.2) is 5.78 Å². The molecule has 4 heteroatoms. The summed E-state index contributed by atoms with van der Waals surface area (Å²) in [5.41, 5.74) is -0.394. The van der Waals surface area contributed by atoms with Crippen molar-refractivity contribution in [3.63, 3.8) is 0 Å². The number of halogens is 1. The normalized spacial score (nSPS) is 9.50. The van der Waals surface area contributed by atoms with Crippen molar-refractivity contribution in [2.75, 3.05) is 0 Å². The first-order chi connectivity index (χ1) is 5.66. The van der Waals surface area contributed by atoms with Crippen molar-refractivity contribution in [1.29, 1.82) is 0 Å². The van der Waals surface area contributed by atoms with Crippen LogP contribution in [0.4, 0.5) is 10.1 Å². The number of carbonyl (C=O) groups excluding carboxylic acids is 1. The fraction of sp³-hybridized carbons (Fsp3) is 0.125. The van der Waals surface area contributed by atoms with Gasteiger partial charge in [-0.3, -0.25) is 4.79 Å². The summed E-state index contributed by atoms with van der Waals surface area (Å²) in [6.45, 7) is 1.19. The number of hydrogen-bond acceptors (Lipinski definition) is 3. The molecule has 0 heterocycles. The molecule has 0 aliphatic carbocycles. The average Bonchev–Trinajstić information content (AvgIpc) is 2.03. The molecular weight excluding hydrogens is 161 g/mol. The lowest BCUT2D eigenvalue weighted by Crippen LogP contribution is -1.96. The predicted octanol–water partition coefficient (Wildman–Crippen LogP) is 2.43. The van der Waals surface area contributed by atoms with Crippen LogP contribution in [0.2, 0.25) is 0 Å². The number of nitroso groups, excluding NO2 is 1. The van der Waals surface area contributed by atoms with E-state index in [1.165, 1.54) is 19.1 Å². The van der Waals surface area contributed by atoms with Gasteiger partial charge in [-0.1, -0.05) is 6.07 Å². The van der Waals surface area contributed by atoms with E-state index in [0.717, 1.165) is 6.07 Å². The number of hydrogen-bond donors (Lipinski definition) is 0. The van der Waals surface area contributed by atoms with E-state index in [-0.39, 0.29) is 11.3 Å². The minimum absolute atomic E-state index is 0.150. The summed E-state index contributed by atoms with van der Waals surface area (Å²) in [6, 6.07) is 3.75. The third kappa shape index (κ3) is 1.37. The van der Waals surface area contributed by atoms with Gasteiger partial charge in [0.05, 0.1) is 5.56 Å². The van der Waals surface area contributed by atoms with E-state index in [0.29, 0.717) is 0 Å². The SMILES string of the molecule is CC(=O)c1c(F)cccc1N=O. The molecule has 0 amide bonds. The summed E-state index contributed by atoms with van der Waals surface area (Å²) < 4.78 is 12.9. The highest BCUT2D eigenvalue weighted by atomic mass is 19.1. The molecule has 0 unspecified atom stereocenters. The van der Waals surface area contributed by atoms with E-state index in [9.17, 15) is 14.1 Å². The van der Waals surface area contributed by atoms with Crippen LogP contribution < -0.4 is 0 Å². The molecule has 0 fully saturated rings. The molecule has 0 aliphatic heterocycles. The van der Waals surface area contributed by atoms with Crippen molar-refractivity contribution in [1.82, 2.24) is 0 Å². The molecule has 1 rings (SSSR count). The van der Waals surface area contributed by atoms with Crippen molar-refractivity contribution < 1.29 is 9.18 Å². The van der Waals surface area contributed by atoms with Crippen LogP contribution in [0.25, 0.3) is 0 Å². The zero-order valence-electron chi connectivity index (χ0n) is 6.37. The second-order valence-corrected chi connectivity index (χ2v) is 2.28. The van der Waals surface area contributed by atoms with Crippen LogP contribution in [0.15, 0.2) is 23.4 Å². The van der Waals surface area contributed by atoms with Crippen LogP contribution in [0, 0.1) is 10.7 Å². The minimum atomic E-state index is -0.709. The quantitative estimate of drug-likeness (QED) is 0.501. The number of ketones is 1. The summed E-state index contributed by atoms with van der Waals surface area (Å²) in [4.78, 5) is 20.9. The Morgan fingerprint density at radius 1 is 1.50 bits per heavy atom. The number of carbonyl (C=O) groups is 1. The monoisotopic (exact) mass is 167 g/mol. The van der Waals surface area contributed by atoms with Gasteiger partial charge in [-0.25, -0.2) is 4.39 Å². The lowest BCUT2D eigenvalue weighted by atomic mass is 10.1. The molecule has 0 radical (unpaired) electrons. The highest BCUT2D eigenvalue weighted by Gasteiger charge is 2.12. The largest absolute Gasteiger partial charge is 0.294 e. The Bertz CT molecular complexity index is 336. The van der Waals surface area contributed by atoms with Crippen molar-refractivity contribution >= 4 is 11.5 Å². The fourth-order valence-electron chi connectivity index (χ4n) is 0.937. The van der Waals surface area contributed by atoms with E-state index in [4.69, 9.17) is 0 Å². The third-order valence-electron chi connectivity index (χ3n) is 1.44. The van der Waals surface area contributed by atoms with Gasteiger partial charge < -0.3 is 0 Å². The smallest absolute Gasteiger partial charge is 0.165 e. The number of rotatable bonds is 2. The first-order valence-electron chi connectivity index (χ1n) is 3.29. The first kappa shape index (κ1) is 8.52. The zero-order chi connectivity index (χ0) is 9.14. The summed E-state index contributed by atoms with van der Waals surface area (Å²) in [5.74, 6) is -1.21. The Morgan fingerprint density at radius 3 is 2.58 bits per heavy atom. The summed E-state index contributed by atoms with van der Waals surface area (Å²) in [7, 11) is 0. The summed E-state index contributed by atoms with van der Waals surface area (Å²) >= 11 is 0. The molecule has 12 heavy (non-hydrogen) atoms. The maximum Gasteiger partial charge on any atom is 0.165 e. The molecule has 0 spiro atoms. The molecule has 0 atom stereocenters. The maximum atomic E-state index is 12.9. The van der Waals surface area contributed by atoms with Gasteiger partial charge in [0.25, 0.3) is 0 Å². The van der Waals surface area contributed by atoms with Crippen molar-refractivity contribution in [2.24, 2.45) is 5.18 Å². The van der Waals surface area contributed by atoms with Crippen LogP contribution in [0.1, 0.15) is 17.3 Å². The van der Waals surface area contributed by atoms with Crippen LogP contribution in [-0.2, 0) is 0 Å². The van der Waals surface area contributed by atoms with Crippen molar-refractivity contribution in [3.05, 3.63) is 34.5 Å². The average molecular weight is 167 g/mol. The lowest BCUT2D eigenvalue weighted by Gasteiger charge is -1.98. The maximum absolute atomic E-state index is 12.9. The van der Waals surface area contributed by atoms with Gasteiger partial charge in [0, 0.05) is 0 Å². The molecule has 0 saturated carbocycles. The molecular formula is C8H6FNO2. The fourth-order valence-corrected chi connectivity index (χ4v) is 0.937. The Balaban J connectivity index is 3.39. The standard InChI is InChI=1S/C8H6FNO2/c1-5(11)8-6(9)3-2-4-7(8)10-12/h2-4H,1H3. The number of benzene rings is 1. The van der Waals surface area contributed by atoms with Gasteiger partial charge in [-0.15, -0.1) is 4.91 Å².